The van der Waals surface area contributed by atoms with Crippen molar-refractivity contribution in [3.05, 3.63) is 42.1 Å². The molecule has 12 heteroatoms. The molecule has 3 aromatic rings. The van der Waals surface area contributed by atoms with Crippen molar-refractivity contribution in [2.75, 3.05) is 39.4 Å². The molecule has 1 aliphatic rings. The number of amides is 1. The molecule has 2 N–H and O–H groups in total. The number of halogens is 3. The number of aliphatic carboxylic acids is 1. The monoisotopic (exact) mass is 455 g/mol. The van der Waals surface area contributed by atoms with Crippen LogP contribution in [0.25, 0.3) is 22.5 Å². The van der Waals surface area contributed by atoms with Gasteiger partial charge in [0.1, 0.15) is 5.58 Å². The summed E-state index contributed by atoms with van der Waals surface area (Å²) in [6.45, 7) is 4.65. The molecule has 1 amide bonds. The second-order valence-corrected chi connectivity index (χ2v) is 6.74. The number of ether oxygens (including phenoxy) is 1. The average molecular weight is 455 g/mol. The first-order valence-electron chi connectivity index (χ1n) is 9.58. The zero-order valence-corrected chi connectivity index (χ0v) is 16.7. The molecule has 2 aromatic heterocycles. The minimum atomic E-state index is -5.08. The molecule has 0 bridgehead atoms. The summed E-state index contributed by atoms with van der Waals surface area (Å²) in [5, 5.41) is 14.8. The zero-order valence-electron chi connectivity index (χ0n) is 16.7. The van der Waals surface area contributed by atoms with Gasteiger partial charge in [0.15, 0.2) is 11.5 Å². The Hall–Kier alpha value is -3.38. The van der Waals surface area contributed by atoms with Crippen LogP contribution in [0.1, 0.15) is 10.5 Å². The van der Waals surface area contributed by atoms with Crippen LogP contribution in [0.4, 0.5) is 13.2 Å². The van der Waals surface area contributed by atoms with Gasteiger partial charge in [0.2, 0.25) is 5.76 Å². The predicted molar refractivity (Wildman–Crippen MR) is 105 cm³/mol. The van der Waals surface area contributed by atoms with E-state index in [-0.39, 0.29) is 11.6 Å². The fraction of sp³-hybridized carbons (Fsp3) is 0.350. The Morgan fingerprint density at radius 1 is 1.12 bits per heavy atom. The fourth-order valence-electron chi connectivity index (χ4n) is 2.84. The Labute approximate surface area is 179 Å². The smallest absolute Gasteiger partial charge is 0.475 e. The summed E-state index contributed by atoms with van der Waals surface area (Å²) in [6.07, 6.45) is -5.08. The molecule has 1 saturated heterocycles. The molecule has 0 atom stereocenters. The lowest BCUT2D eigenvalue weighted by Gasteiger charge is -2.26. The van der Waals surface area contributed by atoms with E-state index in [0.717, 1.165) is 43.8 Å². The third-order valence-corrected chi connectivity index (χ3v) is 4.47. The van der Waals surface area contributed by atoms with E-state index in [1.54, 1.807) is 6.07 Å². The van der Waals surface area contributed by atoms with Crippen molar-refractivity contribution in [2.24, 2.45) is 0 Å². The molecule has 32 heavy (non-hydrogen) atoms. The van der Waals surface area contributed by atoms with Gasteiger partial charge in [-0.25, -0.2) is 4.79 Å². The number of hydrogen-bond acceptors (Lipinski definition) is 7. The Balaban J connectivity index is 0.000000360. The highest BCUT2D eigenvalue weighted by Gasteiger charge is 2.38. The molecule has 1 aliphatic heterocycles. The Kier molecular flexibility index (Phi) is 7.49. The first kappa shape index (κ1) is 23.3. The van der Waals surface area contributed by atoms with E-state index in [1.807, 2.05) is 30.3 Å². The second kappa shape index (κ2) is 10.3. The number of carboxylic acids is 1. The number of furan rings is 1. The molecule has 0 saturated carbocycles. The molecule has 172 valence electrons. The lowest BCUT2D eigenvalue weighted by molar-refractivity contribution is -0.192. The van der Waals surface area contributed by atoms with Crippen molar-refractivity contribution < 1.29 is 41.5 Å². The first-order chi connectivity index (χ1) is 15.2. The van der Waals surface area contributed by atoms with Gasteiger partial charge in [0.05, 0.1) is 13.2 Å². The number of alkyl halides is 3. The highest BCUT2D eigenvalue weighted by Crippen LogP contribution is 2.28. The standard InChI is InChI=1S/C18H19N3O4.C2HF3O2/c22-18(19-5-6-21-7-9-23-10-8-21)14-12-17(25-20-14)16-11-13-3-1-2-4-15(13)24-16;3-2(4,5)1(6)7/h1-4,11-12H,5-10H2,(H,19,22);(H,6,7). The number of carbonyl (C=O) groups is 2. The average Bonchev–Trinajstić information content (AvgIpc) is 3.41. The van der Waals surface area contributed by atoms with Gasteiger partial charge in [0.25, 0.3) is 5.91 Å². The van der Waals surface area contributed by atoms with Gasteiger partial charge in [-0.3, -0.25) is 9.69 Å². The van der Waals surface area contributed by atoms with E-state index < -0.39 is 12.1 Å². The van der Waals surface area contributed by atoms with Crippen molar-refractivity contribution in [3.8, 4) is 11.5 Å². The van der Waals surface area contributed by atoms with Gasteiger partial charge >= 0.3 is 12.1 Å². The Morgan fingerprint density at radius 2 is 1.81 bits per heavy atom. The summed E-state index contributed by atoms with van der Waals surface area (Å²) >= 11 is 0. The fourth-order valence-corrected chi connectivity index (χ4v) is 2.84. The summed E-state index contributed by atoms with van der Waals surface area (Å²) in [6, 6.07) is 11.2. The maximum absolute atomic E-state index is 12.2. The zero-order chi connectivity index (χ0) is 23.1. The molecule has 4 rings (SSSR count). The molecular weight excluding hydrogens is 435 g/mol. The van der Waals surface area contributed by atoms with Gasteiger partial charge in [0, 0.05) is 37.6 Å². The third kappa shape index (κ3) is 6.31. The highest BCUT2D eigenvalue weighted by atomic mass is 19.4. The largest absolute Gasteiger partial charge is 0.490 e. The van der Waals surface area contributed by atoms with Crippen LogP contribution >= 0.6 is 0 Å². The SMILES string of the molecule is O=C(NCCN1CCOCC1)c1cc(-c2cc3ccccc3o2)on1.O=C(O)C(F)(F)F. The quantitative estimate of drug-likeness (QED) is 0.603. The van der Waals surface area contributed by atoms with E-state index in [9.17, 15) is 18.0 Å². The Bertz CT molecular complexity index is 1020. The van der Waals surface area contributed by atoms with Crippen LogP contribution in [0.3, 0.4) is 0 Å². The lowest BCUT2D eigenvalue weighted by atomic mass is 10.2. The van der Waals surface area contributed by atoms with Crippen LogP contribution in [0.5, 0.6) is 0 Å². The van der Waals surface area contributed by atoms with Gasteiger partial charge < -0.3 is 24.1 Å². The predicted octanol–water partition coefficient (Wildman–Crippen LogP) is 2.78. The number of aromatic nitrogens is 1. The van der Waals surface area contributed by atoms with Crippen LogP contribution in [-0.4, -0.2) is 72.6 Å². The first-order valence-corrected chi connectivity index (χ1v) is 9.58. The molecule has 0 unspecified atom stereocenters. The van der Waals surface area contributed by atoms with Crippen molar-refractivity contribution in [3.63, 3.8) is 0 Å². The van der Waals surface area contributed by atoms with Crippen LogP contribution in [0.2, 0.25) is 0 Å². The van der Waals surface area contributed by atoms with Crippen molar-refractivity contribution >= 4 is 22.8 Å². The number of rotatable bonds is 5. The van der Waals surface area contributed by atoms with E-state index in [2.05, 4.69) is 15.4 Å². The normalized spacial score (nSPS) is 14.6. The number of nitrogens with zero attached hydrogens (tertiary/aromatic N) is 2. The number of para-hydroxylation sites is 1. The number of benzene rings is 1. The minimum absolute atomic E-state index is 0.248. The maximum atomic E-state index is 12.2. The molecule has 1 aromatic carbocycles. The second-order valence-electron chi connectivity index (χ2n) is 6.74. The summed E-state index contributed by atoms with van der Waals surface area (Å²) in [5.41, 5.74) is 1.02. The van der Waals surface area contributed by atoms with Crippen molar-refractivity contribution in [2.45, 2.75) is 6.18 Å². The maximum Gasteiger partial charge on any atom is 0.490 e. The highest BCUT2D eigenvalue weighted by molar-refractivity contribution is 5.93. The van der Waals surface area contributed by atoms with Gasteiger partial charge in [-0.05, 0) is 12.1 Å². The minimum Gasteiger partial charge on any atom is -0.475 e. The van der Waals surface area contributed by atoms with Crippen molar-refractivity contribution in [1.82, 2.24) is 15.4 Å². The number of fused-ring (bicyclic) bond motifs is 1. The third-order valence-electron chi connectivity index (χ3n) is 4.47. The molecule has 1 fully saturated rings. The summed E-state index contributed by atoms with van der Waals surface area (Å²) in [7, 11) is 0. The molecule has 3 heterocycles. The molecular formula is C20H20F3N3O6. The van der Waals surface area contributed by atoms with Crippen LogP contribution in [0, 0.1) is 0 Å². The number of nitrogens with one attached hydrogen (secondary N) is 1. The molecule has 0 spiro atoms. The van der Waals surface area contributed by atoms with Gasteiger partial charge in [-0.1, -0.05) is 23.4 Å². The topological polar surface area (TPSA) is 118 Å². The summed E-state index contributed by atoms with van der Waals surface area (Å²) < 4.78 is 48.0. The lowest BCUT2D eigenvalue weighted by Crippen LogP contribution is -2.41. The van der Waals surface area contributed by atoms with Crippen LogP contribution in [0.15, 0.2) is 45.3 Å². The Morgan fingerprint density at radius 3 is 2.47 bits per heavy atom. The van der Waals surface area contributed by atoms with E-state index in [4.69, 9.17) is 23.6 Å². The summed E-state index contributed by atoms with van der Waals surface area (Å²) in [5.74, 6) is -2.01. The molecule has 0 radical (unpaired) electrons. The van der Waals surface area contributed by atoms with E-state index in [0.29, 0.717) is 18.1 Å². The van der Waals surface area contributed by atoms with Crippen LogP contribution in [-0.2, 0) is 9.53 Å². The number of hydrogen-bond donors (Lipinski definition) is 2. The molecule has 0 aliphatic carbocycles. The van der Waals surface area contributed by atoms with Gasteiger partial charge in [-0.2, -0.15) is 13.2 Å². The van der Waals surface area contributed by atoms with Crippen molar-refractivity contribution in [1.29, 1.82) is 0 Å². The number of carboxylic acid groups (broad SMARTS) is 1. The molecule has 9 nitrogen and oxygen atoms in total. The van der Waals surface area contributed by atoms with Crippen LogP contribution < -0.4 is 5.32 Å². The van der Waals surface area contributed by atoms with E-state index in [1.165, 1.54) is 0 Å². The number of morpholine rings is 1. The summed E-state index contributed by atoms with van der Waals surface area (Å²) in [4.78, 5) is 23.3. The number of carbonyl (C=O) groups excluding carboxylic acids is 1. The van der Waals surface area contributed by atoms with Gasteiger partial charge in [-0.15, -0.1) is 0 Å². The van der Waals surface area contributed by atoms with E-state index >= 15 is 0 Å².